The predicted octanol–water partition coefficient (Wildman–Crippen LogP) is 3.03. The van der Waals surface area contributed by atoms with E-state index >= 15 is 0 Å². The summed E-state index contributed by atoms with van der Waals surface area (Å²) in [7, 11) is 0. The third-order valence-electron chi connectivity index (χ3n) is 5.43. The van der Waals surface area contributed by atoms with Crippen LogP contribution in [-0.2, 0) is 61.9 Å². The molecule has 0 saturated carbocycles. The molecule has 13 heteroatoms. The van der Waals surface area contributed by atoms with Crippen molar-refractivity contribution in [3.63, 3.8) is 0 Å². The zero-order valence-electron chi connectivity index (χ0n) is 25.8. The van der Waals surface area contributed by atoms with Crippen molar-refractivity contribution in [1.82, 2.24) is 0 Å². The highest BCUT2D eigenvalue weighted by Crippen LogP contribution is 2.20. The van der Waals surface area contributed by atoms with Gasteiger partial charge in [-0.2, -0.15) is 0 Å². The van der Waals surface area contributed by atoms with Crippen molar-refractivity contribution in [1.29, 1.82) is 0 Å². The van der Waals surface area contributed by atoms with Crippen LogP contribution in [0.5, 0.6) is 0 Å². The van der Waals surface area contributed by atoms with Crippen molar-refractivity contribution in [2.24, 2.45) is 11.8 Å². The Morgan fingerprint density at radius 3 is 1.12 bits per heavy atom. The molecule has 2 atom stereocenters. The van der Waals surface area contributed by atoms with Crippen molar-refractivity contribution < 1.29 is 61.9 Å². The molecule has 0 aromatic rings. The van der Waals surface area contributed by atoms with Gasteiger partial charge in [-0.3, -0.25) is 19.2 Å². The fourth-order valence-corrected chi connectivity index (χ4v) is 3.15. The topological polar surface area (TPSA) is 167 Å². The third kappa shape index (κ3) is 17.1. The van der Waals surface area contributed by atoms with E-state index < -0.39 is 60.5 Å². The van der Waals surface area contributed by atoms with E-state index in [1.165, 1.54) is 0 Å². The van der Waals surface area contributed by atoms with E-state index in [1.807, 2.05) is 13.8 Å². The van der Waals surface area contributed by atoms with Gasteiger partial charge >= 0.3 is 35.8 Å². The van der Waals surface area contributed by atoms with E-state index in [1.54, 1.807) is 13.8 Å². The van der Waals surface area contributed by atoms with Gasteiger partial charge in [0.05, 0.1) is 64.3 Å². The maximum atomic E-state index is 12.7. The lowest BCUT2D eigenvalue weighted by Crippen LogP contribution is -2.29. The number of esters is 6. The molecule has 0 radical (unpaired) electrons. The van der Waals surface area contributed by atoms with E-state index in [4.69, 9.17) is 33.2 Å². The predicted molar refractivity (Wildman–Crippen MR) is 152 cm³/mol. The van der Waals surface area contributed by atoms with Crippen molar-refractivity contribution >= 4 is 35.8 Å². The largest absolute Gasteiger partial charge is 0.466 e. The van der Waals surface area contributed by atoms with Gasteiger partial charge in [-0.25, -0.2) is 9.59 Å². The number of hydrogen-bond acceptors (Lipinski definition) is 13. The van der Waals surface area contributed by atoms with Gasteiger partial charge in [0.25, 0.3) is 0 Å². The Morgan fingerprint density at radius 2 is 0.791 bits per heavy atom. The summed E-state index contributed by atoms with van der Waals surface area (Å²) in [5.74, 6) is -7.37. The van der Waals surface area contributed by atoms with Crippen LogP contribution >= 0.6 is 0 Å². The van der Waals surface area contributed by atoms with Gasteiger partial charge in [0.2, 0.25) is 0 Å². The van der Waals surface area contributed by atoms with Gasteiger partial charge in [-0.05, 0) is 25.7 Å². The van der Waals surface area contributed by atoms with Gasteiger partial charge in [0.1, 0.15) is 13.2 Å². The van der Waals surface area contributed by atoms with Crippen molar-refractivity contribution in [2.45, 2.75) is 66.2 Å². The molecular formula is C30H46O13. The lowest BCUT2D eigenvalue weighted by atomic mass is 9.97. The summed E-state index contributed by atoms with van der Waals surface area (Å²) < 4.78 is 35.7. The Morgan fingerprint density at radius 1 is 0.465 bits per heavy atom. The summed E-state index contributed by atoms with van der Waals surface area (Å²) in [4.78, 5) is 73.9. The summed E-state index contributed by atoms with van der Waals surface area (Å²) in [6.45, 7) is 14.3. The Hall–Kier alpha value is -3.74. The van der Waals surface area contributed by atoms with Crippen molar-refractivity contribution in [3.05, 3.63) is 24.3 Å². The van der Waals surface area contributed by atoms with Crippen LogP contribution in [0.4, 0.5) is 0 Å². The Labute approximate surface area is 253 Å². The molecule has 0 saturated heterocycles. The summed E-state index contributed by atoms with van der Waals surface area (Å²) >= 11 is 0. The quantitative estimate of drug-likeness (QED) is 0.0674. The van der Waals surface area contributed by atoms with Crippen LogP contribution in [0.3, 0.4) is 0 Å². The molecule has 0 aliphatic rings. The fourth-order valence-electron chi connectivity index (χ4n) is 3.15. The highest BCUT2D eigenvalue weighted by Gasteiger charge is 2.33. The molecule has 43 heavy (non-hydrogen) atoms. The maximum Gasteiger partial charge on any atom is 0.334 e. The molecule has 0 bridgehead atoms. The summed E-state index contributed by atoms with van der Waals surface area (Å²) in [6, 6.07) is 0. The van der Waals surface area contributed by atoms with Gasteiger partial charge in [0, 0.05) is 11.1 Å². The number of rotatable bonds is 24. The summed E-state index contributed by atoms with van der Waals surface area (Å²) in [5.41, 5.74) is -0.457. The van der Waals surface area contributed by atoms with E-state index in [-0.39, 0.29) is 64.0 Å². The molecule has 13 nitrogen and oxygen atoms in total. The molecular weight excluding hydrogens is 568 g/mol. The standard InChI is InChI=1S/C30H46O13/c1-7-11-38-25(31)19-23(21(5)27(33)40-13-9-3)29(35)42-17-15-37-16-18-43-30(36)24(20-26(32)39-12-8-2)22(6)28(34)41-14-10-4/h23-24H,5-20H2,1-4H3. The van der Waals surface area contributed by atoms with Crippen LogP contribution in [0.15, 0.2) is 24.3 Å². The smallest absolute Gasteiger partial charge is 0.334 e. The van der Waals surface area contributed by atoms with Crippen LogP contribution < -0.4 is 0 Å². The van der Waals surface area contributed by atoms with E-state index in [9.17, 15) is 28.8 Å². The van der Waals surface area contributed by atoms with Crippen LogP contribution in [-0.4, -0.2) is 88.7 Å². The van der Waals surface area contributed by atoms with Gasteiger partial charge < -0.3 is 33.2 Å². The second-order valence-corrected chi connectivity index (χ2v) is 9.22. The molecule has 244 valence electrons. The first kappa shape index (κ1) is 39.3. The minimum atomic E-state index is -1.30. The maximum absolute atomic E-state index is 12.7. The van der Waals surface area contributed by atoms with Crippen LogP contribution in [0.1, 0.15) is 66.2 Å². The first-order valence-corrected chi connectivity index (χ1v) is 14.5. The zero-order chi connectivity index (χ0) is 32.6. The molecule has 0 aliphatic carbocycles. The van der Waals surface area contributed by atoms with Crippen LogP contribution in [0, 0.1) is 11.8 Å². The molecule has 0 aromatic carbocycles. The number of ether oxygens (including phenoxy) is 7. The average molecular weight is 615 g/mol. The normalized spacial score (nSPS) is 11.8. The number of carbonyl (C=O) groups excluding carboxylic acids is 6. The molecule has 0 heterocycles. The van der Waals surface area contributed by atoms with E-state index in [2.05, 4.69) is 13.2 Å². The first-order chi connectivity index (χ1) is 20.5. The molecule has 0 aromatic heterocycles. The Bertz CT molecular complexity index is 866. The van der Waals surface area contributed by atoms with Crippen molar-refractivity contribution in [2.75, 3.05) is 52.9 Å². The molecule has 0 spiro atoms. The second-order valence-electron chi connectivity index (χ2n) is 9.22. The highest BCUT2D eigenvalue weighted by molar-refractivity contribution is 5.97. The SMILES string of the molecule is C=C(C(=O)OCCC)C(CC(=O)OCCC)C(=O)OCCOCCOC(=O)C(CC(=O)OCCC)C(=C)C(=O)OCCC. The monoisotopic (exact) mass is 614 g/mol. The molecule has 0 aliphatic heterocycles. The highest BCUT2D eigenvalue weighted by atomic mass is 16.6. The second kappa shape index (κ2) is 23.8. The summed E-state index contributed by atoms with van der Waals surface area (Å²) in [6.07, 6.45) is 1.40. The van der Waals surface area contributed by atoms with Gasteiger partial charge in [-0.1, -0.05) is 40.9 Å². The minimum absolute atomic E-state index is 0.105. The number of hydrogen-bond donors (Lipinski definition) is 0. The van der Waals surface area contributed by atoms with E-state index in [0.29, 0.717) is 25.7 Å². The molecule has 0 N–H and O–H groups in total. The Balaban J connectivity index is 4.88. The first-order valence-electron chi connectivity index (χ1n) is 14.5. The van der Waals surface area contributed by atoms with E-state index in [0.717, 1.165) is 0 Å². The minimum Gasteiger partial charge on any atom is -0.466 e. The van der Waals surface area contributed by atoms with Gasteiger partial charge in [0.15, 0.2) is 0 Å². The molecule has 0 amide bonds. The lowest BCUT2D eigenvalue weighted by molar-refractivity contribution is -0.158. The Kier molecular flexibility index (Phi) is 21.7. The average Bonchev–Trinajstić information content (AvgIpc) is 3.00. The zero-order valence-corrected chi connectivity index (χ0v) is 25.8. The van der Waals surface area contributed by atoms with Gasteiger partial charge in [-0.15, -0.1) is 0 Å². The number of carbonyl (C=O) groups is 6. The fraction of sp³-hybridized carbons (Fsp3) is 0.667. The van der Waals surface area contributed by atoms with Crippen molar-refractivity contribution in [3.8, 4) is 0 Å². The summed E-state index contributed by atoms with van der Waals surface area (Å²) in [5, 5.41) is 0. The molecule has 0 fully saturated rings. The lowest BCUT2D eigenvalue weighted by Gasteiger charge is -2.18. The third-order valence-corrected chi connectivity index (χ3v) is 5.43. The van der Waals surface area contributed by atoms with Crippen LogP contribution in [0.2, 0.25) is 0 Å². The van der Waals surface area contributed by atoms with Crippen LogP contribution in [0.25, 0.3) is 0 Å². The molecule has 0 rings (SSSR count). The molecule has 2 unspecified atom stereocenters.